The van der Waals surface area contributed by atoms with Crippen LogP contribution in [0.5, 0.6) is 0 Å². The predicted molar refractivity (Wildman–Crippen MR) is 84.6 cm³/mol. The summed E-state index contributed by atoms with van der Waals surface area (Å²) in [5.74, 6) is 2.93. The summed E-state index contributed by atoms with van der Waals surface area (Å²) in [5, 5.41) is 3.86. The zero-order valence-corrected chi connectivity index (χ0v) is 13.4. The summed E-state index contributed by atoms with van der Waals surface area (Å²) in [6.07, 6.45) is 11.4. The molecule has 3 saturated carbocycles. The minimum Gasteiger partial charge on any atom is -0.313 e. The van der Waals surface area contributed by atoms with Gasteiger partial charge in [-0.1, -0.05) is 26.0 Å². The topological polar surface area (TPSA) is 12.0 Å². The van der Waals surface area contributed by atoms with Gasteiger partial charge < -0.3 is 5.32 Å². The van der Waals surface area contributed by atoms with Crippen LogP contribution < -0.4 is 5.32 Å². The monoisotopic (exact) mass is 273 g/mol. The van der Waals surface area contributed by atoms with Crippen LogP contribution in [0.4, 0.5) is 0 Å². The third kappa shape index (κ3) is 1.59. The number of nitrogens with one attached hydrogen (secondary N) is 1. The Labute approximate surface area is 124 Å². The van der Waals surface area contributed by atoms with E-state index in [0.29, 0.717) is 10.8 Å². The first-order valence-corrected chi connectivity index (χ1v) is 8.97. The molecular weight excluding hydrogens is 242 g/mol. The number of fused-ring (bicyclic) bond motifs is 5. The Morgan fingerprint density at radius 1 is 1.05 bits per heavy atom. The minimum atomic E-state index is 0.493. The largest absolute Gasteiger partial charge is 0.313 e. The number of rotatable bonds is 0. The molecule has 1 heterocycles. The Hall–Kier alpha value is -0.300. The van der Waals surface area contributed by atoms with Crippen LogP contribution in [-0.4, -0.2) is 12.6 Å². The second-order valence-corrected chi connectivity index (χ2v) is 8.67. The lowest BCUT2D eigenvalue weighted by Gasteiger charge is -2.60. The third-order valence-corrected chi connectivity index (χ3v) is 8.11. The molecule has 1 N–H and O–H groups in total. The molecule has 20 heavy (non-hydrogen) atoms. The van der Waals surface area contributed by atoms with Crippen LogP contribution in [0.15, 0.2) is 12.2 Å². The molecule has 6 unspecified atom stereocenters. The molecule has 4 rings (SSSR count). The molecule has 112 valence electrons. The van der Waals surface area contributed by atoms with Crippen LogP contribution in [0.2, 0.25) is 0 Å². The summed E-state index contributed by atoms with van der Waals surface area (Å²) < 4.78 is 0. The smallest absolute Gasteiger partial charge is 0.0124 e. The highest BCUT2D eigenvalue weighted by atomic mass is 15.0. The van der Waals surface area contributed by atoms with Gasteiger partial charge in [0.25, 0.3) is 0 Å². The Morgan fingerprint density at radius 3 is 2.75 bits per heavy atom. The van der Waals surface area contributed by atoms with E-state index < -0.39 is 0 Å². The number of hydrogen-bond donors (Lipinski definition) is 1. The molecule has 0 aromatic heterocycles. The highest BCUT2D eigenvalue weighted by Crippen LogP contribution is 2.64. The van der Waals surface area contributed by atoms with E-state index in [1.807, 2.05) is 0 Å². The van der Waals surface area contributed by atoms with Crippen LogP contribution in [-0.2, 0) is 0 Å². The van der Waals surface area contributed by atoms with Crippen LogP contribution in [0.3, 0.4) is 0 Å². The van der Waals surface area contributed by atoms with Gasteiger partial charge in [-0.3, -0.25) is 0 Å². The summed E-state index contributed by atoms with van der Waals surface area (Å²) >= 11 is 0. The van der Waals surface area contributed by atoms with E-state index in [1.165, 1.54) is 57.9 Å². The van der Waals surface area contributed by atoms with E-state index in [1.54, 1.807) is 5.57 Å². The van der Waals surface area contributed by atoms with Gasteiger partial charge in [-0.25, -0.2) is 0 Å². The summed E-state index contributed by atoms with van der Waals surface area (Å²) in [6.45, 7) is 10.9. The zero-order chi connectivity index (χ0) is 14.0. The molecule has 1 aliphatic heterocycles. The second-order valence-electron chi connectivity index (χ2n) is 8.67. The minimum absolute atomic E-state index is 0.493. The van der Waals surface area contributed by atoms with E-state index >= 15 is 0 Å². The highest BCUT2D eigenvalue weighted by Gasteiger charge is 2.58. The summed E-state index contributed by atoms with van der Waals surface area (Å²) in [7, 11) is 0. The van der Waals surface area contributed by atoms with Gasteiger partial charge in [-0.05, 0) is 86.5 Å². The summed E-state index contributed by atoms with van der Waals surface area (Å²) in [5.41, 5.74) is 2.66. The van der Waals surface area contributed by atoms with Gasteiger partial charge in [0.05, 0.1) is 0 Å². The van der Waals surface area contributed by atoms with Crippen molar-refractivity contribution >= 4 is 0 Å². The first-order valence-electron chi connectivity index (χ1n) is 8.97. The first-order chi connectivity index (χ1) is 9.56. The van der Waals surface area contributed by atoms with Crippen LogP contribution in [0.1, 0.15) is 65.2 Å². The van der Waals surface area contributed by atoms with E-state index in [0.717, 1.165) is 23.8 Å². The fourth-order valence-corrected chi connectivity index (χ4v) is 6.80. The Bertz CT molecular complexity index is 427. The molecule has 1 nitrogen and oxygen atoms in total. The Kier molecular flexibility index (Phi) is 2.91. The van der Waals surface area contributed by atoms with Gasteiger partial charge in [0.15, 0.2) is 0 Å². The number of hydrogen-bond acceptors (Lipinski definition) is 1. The van der Waals surface area contributed by atoms with E-state index in [9.17, 15) is 0 Å². The van der Waals surface area contributed by atoms with Gasteiger partial charge in [0, 0.05) is 6.04 Å². The quantitative estimate of drug-likeness (QED) is 0.639. The average Bonchev–Trinajstić information content (AvgIpc) is 2.74. The summed E-state index contributed by atoms with van der Waals surface area (Å²) in [6, 6.07) is 0.812. The van der Waals surface area contributed by atoms with E-state index in [4.69, 9.17) is 0 Å². The van der Waals surface area contributed by atoms with Crippen molar-refractivity contribution in [3.05, 3.63) is 12.2 Å². The van der Waals surface area contributed by atoms with Crippen LogP contribution in [0.25, 0.3) is 0 Å². The van der Waals surface area contributed by atoms with Crippen LogP contribution >= 0.6 is 0 Å². The maximum Gasteiger partial charge on any atom is 0.0124 e. The van der Waals surface area contributed by atoms with Gasteiger partial charge >= 0.3 is 0 Å². The van der Waals surface area contributed by atoms with Crippen molar-refractivity contribution in [2.75, 3.05) is 6.54 Å². The predicted octanol–water partition coefficient (Wildman–Crippen LogP) is 4.54. The van der Waals surface area contributed by atoms with Crippen molar-refractivity contribution in [1.82, 2.24) is 5.32 Å². The van der Waals surface area contributed by atoms with E-state index in [2.05, 4.69) is 25.7 Å². The van der Waals surface area contributed by atoms with Crippen molar-refractivity contribution in [3.63, 3.8) is 0 Å². The molecule has 0 bridgehead atoms. The van der Waals surface area contributed by atoms with Crippen LogP contribution in [0, 0.1) is 28.6 Å². The molecule has 0 aromatic carbocycles. The lowest BCUT2D eigenvalue weighted by molar-refractivity contribution is -0.0781. The molecule has 0 amide bonds. The molecule has 0 radical (unpaired) electrons. The molecule has 1 heteroatoms. The normalized spacial score (nSPS) is 55.0. The molecule has 6 atom stereocenters. The number of piperidine rings is 1. The lowest BCUT2D eigenvalue weighted by atomic mass is 9.47. The van der Waals surface area contributed by atoms with Gasteiger partial charge in [0.1, 0.15) is 0 Å². The Balaban J connectivity index is 1.66. The van der Waals surface area contributed by atoms with Crippen molar-refractivity contribution in [3.8, 4) is 0 Å². The molecule has 4 fully saturated rings. The van der Waals surface area contributed by atoms with Crippen molar-refractivity contribution < 1.29 is 0 Å². The third-order valence-electron chi connectivity index (χ3n) is 8.11. The SMILES string of the molecule is C=C1CCC2C3CCC4NCCCC4(C)C3CCC12C. The van der Waals surface area contributed by atoms with Crippen molar-refractivity contribution in [1.29, 1.82) is 0 Å². The molecule has 0 aromatic rings. The second kappa shape index (κ2) is 4.35. The molecule has 1 saturated heterocycles. The first kappa shape index (κ1) is 13.4. The van der Waals surface area contributed by atoms with Crippen molar-refractivity contribution in [2.24, 2.45) is 28.6 Å². The molecule has 4 aliphatic rings. The average molecular weight is 273 g/mol. The maximum atomic E-state index is 4.43. The van der Waals surface area contributed by atoms with Crippen molar-refractivity contribution in [2.45, 2.75) is 71.3 Å². The summed E-state index contributed by atoms with van der Waals surface area (Å²) in [4.78, 5) is 0. The molecule has 0 spiro atoms. The standard InChI is InChI=1S/C19H31N/c1-13-5-7-15-14-6-8-17-19(3,10-4-12-20-17)16(14)9-11-18(13,15)2/h14-17,20H,1,4-12H2,2-3H3. The zero-order valence-electron chi connectivity index (χ0n) is 13.4. The Morgan fingerprint density at radius 2 is 1.90 bits per heavy atom. The molecule has 3 aliphatic carbocycles. The van der Waals surface area contributed by atoms with Gasteiger partial charge in [-0.15, -0.1) is 0 Å². The highest BCUT2D eigenvalue weighted by molar-refractivity contribution is 5.21. The number of allylic oxidation sites excluding steroid dienone is 1. The maximum absolute atomic E-state index is 4.43. The van der Waals surface area contributed by atoms with Gasteiger partial charge in [0.2, 0.25) is 0 Å². The van der Waals surface area contributed by atoms with E-state index in [-0.39, 0.29) is 0 Å². The fraction of sp³-hybridized carbons (Fsp3) is 0.895. The van der Waals surface area contributed by atoms with Gasteiger partial charge in [-0.2, -0.15) is 0 Å². The fourth-order valence-electron chi connectivity index (χ4n) is 6.80. The lowest BCUT2D eigenvalue weighted by Crippen LogP contribution is -2.59. The molecular formula is C19H31N.